The lowest BCUT2D eigenvalue weighted by atomic mass is 9.98. The number of carbonyl (C=O) groups is 2. The molecule has 1 saturated heterocycles. The summed E-state index contributed by atoms with van der Waals surface area (Å²) in [5.41, 5.74) is 1.08. The van der Waals surface area contributed by atoms with Crippen LogP contribution in [0.3, 0.4) is 0 Å². The molecule has 35 heavy (non-hydrogen) atoms. The maximum atomic E-state index is 15.5. The van der Waals surface area contributed by atoms with Gasteiger partial charge in [-0.25, -0.2) is 9.37 Å². The van der Waals surface area contributed by atoms with Gasteiger partial charge in [0.1, 0.15) is 22.2 Å². The Morgan fingerprint density at radius 1 is 1.17 bits per heavy atom. The average molecular weight is 509 g/mol. The van der Waals surface area contributed by atoms with Gasteiger partial charge in [-0.3, -0.25) is 19.5 Å². The van der Waals surface area contributed by atoms with Gasteiger partial charge < -0.3 is 4.90 Å². The van der Waals surface area contributed by atoms with Gasteiger partial charge in [0.05, 0.1) is 15.8 Å². The van der Waals surface area contributed by atoms with Crippen molar-refractivity contribution in [3.05, 3.63) is 52.8 Å². The van der Waals surface area contributed by atoms with E-state index in [1.54, 1.807) is 17.0 Å². The molecule has 2 aliphatic carbocycles. The van der Waals surface area contributed by atoms with Crippen molar-refractivity contribution in [2.45, 2.75) is 31.2 Å². The van der Waals surface area contributed by atoms with Crippen LogP contribution in [-0.4, -0.2) is 57.6 Å². The van der Waals surface area contributed by atoms with E-state index < -0.39 is 11.4 Å². The minimum atomic E-state index is -0.708. The molecule has 6 nitrogen and oxygen atoms in total. The quantitative estimate of drug-likeness (QED) is 0.499. The highest BCUT2D eigenvalue weighted by Crippen LogP contribution is 2.46. The van der Waals surface area contributed by atoms with Gasteiger partial charge in [-0.15, -0.1) is 11.3 Å². The average Bonchev–Trinajstić information content (AvgIpc) is 3.73. The lowest BCUT2D eigenvalue weighted by Gasteiger charge is -2.41. The molecule has 3 aromatic rings. The zero-order valence-electron chi connectivity index (χ0n) is 18.8. The summed E-state index contributed by atoms with van der Waals surface area (Å²) in [5.74, 6) is 0.591. The minimum absolute atomic E-state index is 0.0361. The van der Waals surface area contributed by atoms with Gasteiger partial charge >= 0.3 is 0 Å². The predicted octanol–water partition coefficient (Wildman–Crippen LogP) is 4.75. The molecule has 4 aliphatic rings. The number of fused-ring (bicyclic) bond motifs is 1. The van der Waals surface area contributed by atoms with E-state index in [1.807, 2.05) is 23.1 Å². The first-order valence-corrected chi connectivity index (χ1v) is 13.2. The molecule has 3 heterocycles. The van der Waals surface area contributed by atoms with Crippen molar-refractivity contribution >= 4 is 50.8 Å². The van der Waals surface area contributed by atoms with Crippen LogP contribution in [0, 0.1) is 17.7 Å². The Bertz CT molecular complexity index is 1440. The van der Waals surface area contributed by atoms with Crippen molar-refractivity contribution in [1.82, 2.24) is 14.8 Å². The van der Waals surface area contributed by atoms with Crippen LogP contribution in [-0.2, 0) is 9.59 Å². The predicted molar refractivity (Wildman–Crippen MR) is 133 cm³/mol. The first-order chi connectivity index (χ1) is 16.9. The van der Waals surface area contributed by atoms with E-state index in [2.05, 4.69) is 4.98 Å². The number of rotatable bonds is 5. The highest BCUT2D eigenvalue weighted by molar-refractivity contribution is 7.21. The number of aliphatic imine (C=N–C) groups is 1. The van der Waals surface area contributed by atoms with Crippen LogP contribution in [0.2, 0.25) is 5.02 Å². The van der Waals surface area contributed by atoms with Crippen LogP contribution in [0.5, 0.6) is 0 Å². The summed E-state index contributed by atoms with van der Waals surface area (Å²) in [6.07, 6.45) is 3.39. The number of nitrogens with zero attached hydrogens (tertiary/aromatic N) is 4. The third-order valence-electron chi connectivity index (χ3n) is 7.39. The fourth-order valence-electron chi connectivity index (χ4n) is 5.04. The zero-order valence-corrected chi connectivity index (χ0v) is 20.4. The number of halogens is 2. The Morgan fingerprint density at radius 3 is 2.69 bits per heavy atom. The summed E-state index contributed by atoms with van der Waals surface area (Å²) in [6, 6.07) is 10.5. The molecule has 1 aromatic heterocycles. The second-order valence-electron chi connectivity index (χ2n) is 10.1. The topological polar surface area (TPSA) is 65.9 Å². The molecule has 1 spiro atoms. The maximum absolute atomic E-state index is 15.5. The molecule has 9 heteroatoms. The van der Waals surface area contributed by atoms with Crippen LogP contribution < -0.4 is 0 Å². The molecule has 0 N–H and O–H groups in total. The first kappa shape index (κ1) is 21.4. The molecule has 0 unspecified atom stereocenters. The van der Waals surface area contributed by atoms with Crippen LogP contribution in [0.4, 0.5) is 4.39 Å². The molecule has 2 aromatic carbocycles. The number of amidine groups is 1. The van der Waals surface area contributed by atoms with Crippen molar-refractivity contribution in [2.24, 2.45) is 16.8 Å². The largest absolute Gasteiger partial charge is 0.342 e. The van der Waals surface area contributed by atoms with E-state index in [1.165, 1.54) is 17.4 Å². The lowest BCUT2D eigenvalue weighted by molar-refractivity contribution is -0.139. The molecule has 7 rings (SSSR count). The summed E-state index contributed by atoms with van der Waals surface area (Å²) in [6.45, 7) is 1.78. The molecule has 2 saturated carbocycles. The smallest absolute Gasteiger partial charge is 0.256 e. The third kappa shape index (κ3) is 3.57. The van der Waals surface area contributed by atoms with Gasteiger partial charge in [0, 0.05) is 42.1 Å². The first-order valence-electron chi connectivity index (χ1n) is 12.0. The van der Waals surface area contributed by atoms with E-state index in [9.17, 15) is 9.59 Å². The fraction of sp³-hybridized carbons (Fsp3) is 0.385. The molecule has 3 fully saturated rings. The van der Waals surface area contributed by atoms with Gasteiger partial charge in [-0.05, 0) is 56.0 Å². The second kappa shape index (κ2) is 7.58. The van der Waals surface area contributed by atoms with Crippen molar-refractivity contribution in [1.29, 1.82) is 0 Å². The van der Waals surface area contributed by atoms with Crippen LogP contribution in [0.25, 0.3) is 20.8 Å². The van der Waals surface area contributed by atoms with Crippen LogP contribution >= 0.6 is 22.9 Å². The van der Waals surface area contributed by atoms with E-state index in [0.717, 1.165) is 23.1 Å². The minimum Gasteiger partial charge on any atom is -0.342 e. The highest BCUT2D eigenvalue weighted by atomic mass is 35.5. The Hall–Kier alpha value is -2.84. The second-order valence-corrected chi connectivity index (χ2v) is 11.6. The number of thiazole rings is 1. The number of aromatic nitrogens is 1. The molecule has 2 aliphatic heterocycles. The van der Waals surface area contributed by atoms with Gasteiger partial charge in [0.25, 0.3) is 5.91 Å². The fourth-order valence-corrected chi connectivity index (χ4v) is 6.15. The van der Waals surface area contributed by atoms with E-state index in [4.69, 9.17) is 16.6 Å². The highest BCUT2D eigenvalue weighted by Gasteiger charge is 2.58. The SMILES string of the molecule is O=C(C1CC1)N1CC(CN2C(=O)C3(CC3)N=C2c2ccc(-c3nc4cc(Cl)ccc4s3)cc2F)C1. The standard InChI is InChI=1S/C26H22ClFN4O2S/c27-17-4-6-21-20(10-17)29-23(35-21)16-3-5-18(19(28)9-16)22-30-26(7-8-26)25(34)32(22)13-14-11-31(12-14)24(33)15-1-2-15/h3-6,9-10,14-15H,1-2,7-8,11-13H2. The van der Waals surface area contributed by atoms with Gasteiger partial charge in [0.2, 0.25) is 5.91 Å². The number of amides is 2. The van der Waals surface area contributed by atoms with Crippen LogP contribution in [0.1, 0.15) is 31.2 Å². The molecule has 0 bridgehead atoms. The molecule has 0 radical (unpaired) electrons. The molecule has 0 atom stereocenters. The maximum Gasteiger partial charge on any atom is 0.256 e. The normalized spacial score (nSPS) is 21.1. The summed E-state index contributed by atoms with van der Waals surface area (Å²) in [7, 11) is 0. The van der Waals surface area contributed by atoms with Crippen molar-refractivity contribution in [2.75, 3.05) is 19.6 Å². The zero-order chi connectivity index (χ0) is 23.9. The number of benzene rings is 2. The summed E-state index contributed by atoms with van der Waals surface area (Å²) in [5, 5.41) is 1.32. The Kier molecular flexibility index (Phi) is 4.64. The monoisotopic (exact) mass is 508 g/mol. The van der Waals surface area contributed by atoms with Crippen LogP contribution in [0.15, 0.2) is 41.4 Å². The van der Waals surface area contributed by atoms with Crippen molar-refractivity contribution < 1.29 is 14.0 Å². The van der Waals surface area contributed by atoms with E-state index in [0.29, 0.717) is 59.5 Å². The molecular formula is C26H22ClFN4O2S. The van der Waals surface area contributed by atoms with Gasteiger partial charge in [-0.1, -0.05) is 17.7 Å². The van der Waals surface area contributed by atoms with Crippen molar-refractivity contribution in [3.8, 4) is 10.6 Å². The van der Waals surface area contributed by atoms with Gasteiger partial charge in [0.15, 0.2) is 0 Å². The summed E-state index contributed by atoms with van der Waals surface area (Å²) < 4.78 is 16.4. The van der Waals surface area contributed by atoms with Crippen molar-refractivity contribution in [3.63, 3.8) is 0 Å². The van der Waals surface area contributed by atoms with E-state index >= 15 is 4.39 Å². The number of carbonyl (C=O) groups excluding carboxylic acids is 2. The van der Waals surface area contributed by atoms with Gasteiger partial charge in [-0.2, -0.15) is 0 Å². The lowest BCUT2D eigenvalue weighted by Crippen LogP contribution is -2.55. The summed E-state index contributed by atoms with van der Waals surface area (Å²) >= 11 is 7.56. The summed E-state index contributed by atoms with van der Waals surface area (Å²) in [4.78, 5) is 38.3. The van der Waals surface area contributed by atoms with E-state index in [-0.39, 0.29) is 23.7 Å². The number of hydrogen-bond acceptors (Lipinski definition) is 5. The Morgan fingerprint density at radius 2 is 1.97 bits per heavy atom. The Labute approximate surface area is 210 Å². The third-order valence-corrected chi connectivity index (χ3v) is 8.71. The Balaban J connectivity index is 1.14. The number of hydrogen-bond donors (Lipinski definition) is 0. The number of likely N-dealkylation sites (tertiary alicyclic amines) is 1. The molecule has 2 amide bonds. The molecule has 178 valence electrons. The molecular weight excluding hydrogens is 487 g/mol.